The van der Waals surface area contributed by atoms with Crippen LogP contribution in [0.1, 0.15) is 5.56 Å². The smallest absolute Gasteiger partial charge is 0.241 e. The van der Waals surface area contributed by atoms with Crippen molar-refractivity contribution < 1.29 is 13.2 Å². The van der Waals surface area contributed by atoms with Crippen LogP contribution in [0.3, 0.4) is 0 Å². The summed E-state index contributed by atoms with van der Waals surface area (Å²) in [6.07, 6.45) is 0. The van der Waals surface area contributed by atoms with E-state index in [2.05, 4.69) is 0 Å². The van der Waals surface area contributed by atoms with Crippen LogP contribution >= 0.6 is 11.6 Å². The van der Waals surface area contributed by atoms with Gasteiger partial charge in [0.2, 0.25) is 15.9 Å². The Labute approximate surface area is 103 Å². The van der Waals surface area contributed by atoms with Gasteiger partial charge in [0.1, 0.15) is 6.07 Å². The topological polar surface area (TPSA) is 113 Å². The van der Waals surface area contributed by atoms with E-state index in [1.165, 1.54) is 12.1 Å². The van der Waals surface area contributed by atoms with Crippen molar-refractivity contribution in [3.05, 3.63) is 28.8 Å². The van der Waals surface area contributed by atoms with E-state index < -0.39 is 22.5 Å². The molecule has 6 nitrogen and oxygen atoms in total. The predicted molar refractivity (Wildman–Crippen MR) is 60.5 cm³/mol. The molecular weight excluding hydrogens is 266 g/mol. The highest BCUT2D eigenvalue weighted by molar-refractivity contribution is 7.89. The number of nitrogens with one attached hydrogen (secondary N) is 1. The van der Waals surface area contributed by atoms with Gasteiger partial charge in [0.05, 0.1) is 22.0 Å². The van der Waals surface area contributed by atoms with Crippen molar-refractivity contribution in [2.75, 3.05) is 6.54 Å². The first-order chi connectivity index (χ1) is 7.86. The molecule has 0 aliphatic heterocycles. The number of sulfonamides is 1. The lowest BCUT2D eigenvalue weighted by Crippen LogP contribution is -2.33. The number of nitriles is 1. The van der Waals surface area contributed by atoms with Crippen LogP contribution in [0.15, 0.2) is 23.1 Å². The van der Waals surface area contributed by atoms with Gasteiger partial charge in [-0.2, -0.15) is 5.26 Å². The van der Waals surface area contributed by atoms with Gasteiger partial charge in [-0.3, -0.25) is 4.79 Å². The van der Waals surface area contributed by atoms with Crippen LogP contribution in [0.4, 0.5) is 0 Å². The monoisotopic (exact) mass is 273 g/mol. The number of primary amides is 1. The van der Waals surface area contributed by atoms with Gasteiger partial charge in [-0.15, -0.1) is 0 Å². The average Bonchev–Trinajstić information content (AvgIpc) is 2.26. The van der Waals surface area contributed by atoms with E-state index in [0.29, 0.717) is 0 Å². The lowest BCUT2D eigenvalue weighted by Gasteiger charge is -2.05. The van der Waals surface area contributed by atoms with E-state index in [1.54, 1.807) is 6.07 Å². The summed E-state index contributed by atoms with van der Waals surface area (Å²) in [5, 5.41) is 8.65. The van der Waals surface area contributed by atoms with Gasteiger partial charge in [-0.25, -0.2) is 13.1 Å². The Hall–Kier alpha value is -1.62. The minimum absolute atomic E-state index is 0.0226. The van der Waals surface area contributed by atoms with Gasteiger partial charge in [-0.1, -0.05) is 11.6 Å². The van der Waals surface area contributed by atoms with Crippen molar-refractivity contribution >= 4 is 27.5 Å². The normalized spacial score (nSPS) is 10.8. The van der Waals surface area contributed by atoms with E-state index in [9.17, 15) is 13.2 Å². The maximum Gasteiger partial charge on any atom is 0.241 e. The highest BCUT2D eigenvalue weighted by atomic mass is 35.5. The Morgan fingerprint density at radius 1 is 1.53 bits per heavy atom. The van der Waals surface area contributed by atoms with E-state index in [1.807, 2.05) is 4.72 Å². The number of carbonyl (C=O) groups is 1. The first-order valence-corrected chi connectivity index (χ1v) is 6.20. The number of hydrogen-bond donors (Lipinski definition) is 2. The fourth-order valence-electron chi connectivity index (χ4n) is 1.00. The molecule has 0 radical (unpaired) electrons. The van der Waals surface area contributed by atoms with Crippen molar-refractivity contribution in [1.29, 1.82) is 5.26 Å². The average molecular weight is 274 g/mol. The molecule has 0 aliphatic carbocycles. The summed E-state index contributed by atoms with van der Waals surface area (Å²) in [6.45, 7) is -0.500. The van der Waals surface area contributed by atoms with Crippen LogP contribution < -0.4 is 10.5 Å². The summed E-state index contributed by atoms with van der Waals surface area (Å²) in [7, 11) is -3.85. The van der Waals surface area contributed by atoms with Crippen LogP contribution in [0.25, 0.3) is 0 Å². The van der Waals surface area contributed by atoms with Gasteiger partial charge in [0, 0.05) is 0 Å². The van der Waals surface area contributed by atoms with Gasteiger partial charge < -0.3 is 5.73 Å². The molecule has 0 fully saturated rings. The van der Waals surface area contributed by atoms with Crippen molar-refractivity contribution in [1.82, 2.24) is 4.72 Å². The van der Waals surface area contributed by atoms with Crippen LogP contribution in [0.2, 0.25) is 5.02 Å². The van der Waals surface area contributed by atoms with E-state index in [0.717, 1.165) is 6.07 Å². The molecule has 0 aliphatic rings. The lowest BCUT2D eigenvalue weighted by molar-refractivity contribution is -0.116. The molecule has 0 unspecified atom stereocenters. The van der Waals surface area contributed by atoms with Gasteiger partial charge >= 0.3 is 0 Å². The summed E-state index contributed by atoms with van der Waals surface area (Å²) in [5.74, 6) is -0.798. The molecule has 0 saturated carbocycles. The van der Waals surface area contributed by atoms with Crippen molar-refractivity contribution in [3.8, 4) is 6.07 Å². The quantitative estimate of drug-likeness (QED) is 0.802. The zero-order valence-corrected chi connectivity index (χ0v) is 10.0. The molecule has 0 saturated heterocycles. The Bertz CT molecular complexity index is 592. The molecule has 1 aromatic rings. The molecule has 90 valence electrons. The van der Waals surface area contributed by atoms with E-state index >= 15 is 0 Å². The molecule has 1 aromatic carbocycles. The van der Waals surface area contributed by atoms with Gasteiger partial charge in [0.25, 0.3) is 0 Å². The summed E-state index contributed by atoms with van der Waals surface area (Å²) in [4.78, 5) is 10.3. The maximum atomic E-state index is 11.6. The number of hydrogen-bond acceptors (Lipinski definition) is 4. The fraction of sp³-hybridized carbons (Fsp3) is 0.111. The summed E-state index contributed by atoms with van der Waals surface area (Å²) >= 11 is 5.69. The summed E-state index contributed by atoms with van der Waals surface area (Å²) in [6, 6.07) is 5.43. The summed E-state index contributed by atoms with van der Waals surface area (Å²) in [5.41, 5.74) is 4.99. The third-order valence-electron chi connectivity index (χ3n) is 1.81. The fourth-order valence-corrected chi connectivity index (χ4v) is 2.31. The number of rotatable bonds is 4. The lowest BCUT2D eigenvalue weighted by atomic mass is 10.2. The Kier molecular flexibility index (Phi) is 4.07. The second kappa shape index (κ2) is 5.14. The molecule has 0 spiro atoms. The molecular formula is C9H8ClN3O3S. The van der Waals surface area contributed by atoms with Crippen molar-refractivity contribution in [2.45, 2.75) is 4.90 Å². The number of carbonyl (C=O) groups excluding carboxylic acids is 1. The molecule has 1 amide bonds. The molecule has 0 atom stereocenters. The zero-order valence-electron chi connectivity index (χ0n) is 8.47. The number of nitrogens with two attached hydrogens (primary N) is 1. The Balaban J connectivity index is 3.05. The molecule has 0 aromatic heterocycles. The van der Waals surface area contributed by atoms with E-state index in [4.69, 9.17) is 22.6 Å². The van der Waals surface area contributed by atoms with Gasteiger partial charge in [-0.05, 0) is 18.2 Å². The van der Waals surface area contributed by atoms with Crippen LogP contribution in [-0.2, 0) is 14.8 Å². The Morgan fingerprint density at radius 2 is 2.18 bits per heavy atom. The first-order valence-electron chi connectivity index (χ1n) is 4.34. The van der Waals surface area contributed by atoms with Crippen LogP contribution in [0, 0.1) is 11.3 Å². The molecule has 0 heterocycles. The van der Waals surface area contributed by atoms with Crippen molar-refractivity contribution in [2.24, 2.45) is 5.73 Å². The third-order valence-corrected chi connectivity index (χ3v) is 3.52. The highest BCUT2D eigenvalue weighted by Crippen LogP contribution is 2.19. The Morgan fingerprint density at radius 3 is 2.65 bits per heavy atom. The first kappa shape index (κ1) is 13.4. The molecule has 17 heavy (non-hydrogen) atoms. The van der Waals surface area contributed by atoms with Crippen molar-refractivity contribution in [3.63, 3.8) is 0 Å². The number of amides is 1. The predicted octanol–water partition coefficient (Wildman–Crippen LogP) is -0.0247. The SMILES string of the molecule is N#Cc1ccc(S(=O)(=O)NCC(N)=O)cc1Cl. The summed E-state index contributed by atoms with van der Waals surface area (Å²) < 4.78 is 25.3. The van der Waals surface area contributed by atoms with E-state index in [-0.39, 0.29) is 15.5 Å². The number of benzene rings is 1. The zero-order chi connectivity index (χ0) is 13.1. The number of nitrogens with zero attached hydrogens (tertiary/aromatic N) is 1. The standard InChI is InChI=1S/C9H8ClN3O3S/c10-8-3-7(2-1-6(8)4-11)17(15,16)13-5-9(12)14/h1-3,13H,5H2,(H2,12,14). The minimum atomic E-state index is -3.85. The molecule has 3 N–H and O–H groups in total. The van der Waals surface area contributed by atoms with Crippen LogP contribution in [0.5, 0.6) is 0 Å². The largest absolute Gasteiger partial charge is 0.369 e. The maximum absolute atomic E-state index is 11.6. The second-order valence-electron chi connectivity index (χ2n) is 3.04. The molecule has 1 rings (SSSR count). The highest BCUT2D eigenvalue weighted by Gasteiger charge is 2.16. The second-order valence-corrected chi connectivity index (χ2v) is 5.22. The molecule has 8 heteroatoms. The number of halogens is 1. The minimum Gasteiger partial charge on any atom is -0.369 e. The van der Waals surface area contributed by atoms with Gasteiger partial charge in [0.15, 0.2) is 0 Å². The third kappa shape index (κ3) is 3.42. The molecule has 0 bridgehead atoms. The van der Waals surface area contributed by atoms with Crippen LogP contribution in [-0.4, -0.2) is 20.9 Å².